The molecule has 3 nitrogen and oxygen atoms in total. The lowest BCUT2D eigenvalue weighted by molar-refractivity contribution is -0.128. The summed E-state index contributed by atoms with van der Waals surface area (Å²) in [5, 5.41) is 0. The molecule has 2 aromatic carbocycles. The molecule has 0 unspecified atom stereocenters. The van der Waals surface area contributed by atoms with Crippen LogP contribution < -0.4 is 0 Å². The number of nitrogens with zero attached hydrogens (tertiary/aromatic N) is 1. The molecule has 0 spiro atoms. The molecular weight excluding hydrogens is 342 g/mol. The number of amides is 1. The second kappa shape index (κ2) is 8.16. The van der Waals surface area contributed by atoms with E-state index < -0.39 is 0 Å². The van der Waals surface area contributed by atoms with Gasteiger partial charge in [0.25, 0.3) is 5.91 Å². The molecule has 0 aliphatic heterocycles. The molecule has 2 aromatic rings. The van der Waals surface area contributed by atoms with E-state index in [0.29, 0.717) is 12.8 Å². The first-order chi connectivity index (χ1) is 10.7. The lowest BCUT2D eigenvalue weighted by Crippen LogP contribution is -2.31. The standard InChI is InChI=1S/C18H14BrNO2/c19-17-9-6-16(7-10-17)14-20(12-13-21)18(22)11-8-15-4-2-1-3-5-15/h1-7,9-10,13H,12,14H2. The van der Waals surface area contributed by atoms with Gasteiger partial charge in [0, 0.05) is 22.5 Å². The maximum atomic E-state index is 12.2. The first kappa shape index (κ1) is 16.0. The van der Waals surface area contributed by atoms with Crippen molar-refractivity contribution in [3.63, 3.8) is 0 Å². The molecule has 0 atom stereocenters. The van der Waals surface area contributed by atoms with E-state index in [1.54, 1.807) is 0 Å². The number of hydrogen-bond acceptors (Lipinski definition) is 2. The average molecular weight is 356 g/mol. The molecule has 1 amide bonds. The van der Waals surface area contributed by atoms with Crippen LogP contribution in [0.5, 0.6) is 0 Å². The Morgan fingerprint density at radius 2 is 1.77 bits per heavy atom. The van der Waals surface area contributed by atoms with E-state index >= 15 is 0 Å². The van der Waals surface area contributed by atoms with Crippen molar-refractivity contribution in [3.05, 3.63) is 70.2 Å². The van der Waals surface area contributed by atoms with Crippen molar-refractivity contribution >= 4 is 28.1 Å². The molecule has 4 heteroatoms. The molecular formula is C18H14BrNO2. The number of carbonyl (C=O) groups excluding carboxylic acids is 2. The van der Waals surface area contributed by atoms with Gasteiger partial charge in [-0.15, -0.1) is 0 Å². The van der Waals surface area contributed by atoms with Crippen LogP contribution in [0.1, 0.15) is 11.1 Å². The summed E-state index contributed by atoms with van der Waals surface area (Å²) in [5.41, 5.74) is 1.71. The van der Waals surface area contributed by atoms with Gasteiger partial charge in [0.1, 0.15) is 6.29 Å². The summed E-state index contributed by atoms with van der Waals surface area (Å²) in [6.07, 6.45) is 0.709. The topological polar surface area (TPSA) is 37.4 Å². The minimum atomic E-state index is -0.362. The SMILES string of the molecule is O=CCN(Cc1ccc(Br)cc1)C(=O)C#Cc1ccccc1. The van der Waals surface area contributed by atoms with E-state index in [-0.39, 0.29) is 12.5 Å². The van der Waals surface area contributed by atoms with Crippen molar-refractivity contribution in [2.75, 3.05) is 6.54 Å². The molecule has 0 aromatic heterocycles. The van der Waals surface area contributed by atoms with Gasteiger partial charge in [-0.1, -0.05) is 52.2 Å². The van der Waals surface area contributed by atoms with Gasteiger partial charge in [0.05, 0.1) is 6.54 Å². The van der Waals surface area contributed by atoms with E-state index in [1.807, 2.05) is 54.6 Å². The van der Waals surface area contributed by atoms with Crippen molar-refractivity contribution in [2.24, 2.45) is 0 Å². The monoisotopic (exact) mass is 355 g/mol. The summed E-state index contributed by atoms with van der Waals surface area (Å²) in [7, 11) is 0. The predicted octanol–water partition coefficient (Wildman–Crippen LogP) is 3.03. The highest BCUT2D eigenvalue weighted by atomic mass is 79.9. The van der Waals surface area contributed by atoms with Crippen molar-refractivity contribution in [3.8, 4) is 11.8 Å². The van der Waals surface area contributed by atoms with Crippen molar-refractivity contribution in [1.82, 2.24) is 4.90 Å². The summed E-state index contributed by atoms with van der Waals surface area (Å²) >= 11 is 3.36. The first-order valence-electron chi connectivity index (χ1n) is 6.73. The molecule has 22 heavy (non-hydrogen) atoms. The van der Waals surface area contributed by atoms with E-state index in [4.69, 9.17) is 0 Å². The third-order valence-corrected chi connectivity index (χ3v) is 3.49. The van der Waals surface area contributed by atoms with Crippen molar-refractivity contribution < 1.29 is 9.59 Å². The van der Waals surface area contributed by atoms with Gasteiger partial charge >= 0.3 is 0 Å². The molecule has 0 radical (unpaired) electrons. The zero-order chi connectivity index (χ0) is 15.8. The molecule has 110 valence electrons. The normalized spacial score (nSPS) is 9.50. The fourth-order valence-electron chi connectivity index (χ4n) is 1.85. The van der Waals surface area contributed by atoms with Crippen molar-refractivity contribution in [1.29, 1.82) is 0 Å². The molecule has 0 saturated carbocycles. The van der Waals surface area contributed by atoms with Crippen LogP contribution in [-0.4, -0.2) is 23.6 Å². The number of halogens is 1. The second-order valence-corrected chi connectivity index (χ2v) is 5.51. The molecule has 2 rings (SSSR count). The third-order valence-electron chi connectivity index (χ3n) is 2.96. The van der Waals surface area contributed by atoms with E-state index in [0.717, 1.165) is 15.6 Å². The summed E-state index contributed by atoms with van der Waals surface area (Å²) in [6.45, 7) is 0.382. The number of hydrogen-bond donors (Lipinski definition) is 0. The fourth-order valence-corrected chi connectivity index (χ4v) is 2.11. The van der Waals surface area contributed by atoms with Crippen LogP contribution in [-0.2, 0) is 16.1 Å². The maximum Gasteiger partial charge on any atom is 0.299 e. The Bertz CT molecular complexity index is 699. The molecule has 0 bridgehead atoms. The van der Waals surface area contributed by atoms with Crippen LogP contribution in [0.4, 0.5) is 0 Å². The summed E-state index contributed by atoms with van der Waals surface area (Å²) in [4.78, 5) is 24.4. The Morgan fingerprint density at radius 3 is 2.41 bits per heavy atom. The van der Waals surface area contributed by atoms with E-state index in [9.17, 15) is 9.59 Å². The summed E-state index contributed by atoms with van der Waals surface area (Å²) in [5.74, 6) is 5.04. The molecule has 0 aliphatic rings. The molecule has 0 aliphatic carbocycles. The minimum Gasteiger partial charge on any atom is -0.321 e. The van der Waals surface area contributed by atoms with Crippen LogP contribution >= 0.6 is 15.9 Å². The molecule has 0 N–H and O–H groups in total. The molecule has 0 fully saturated rings. The quantitative estimate of drug-likeness (QED) is 0.624. The summed E-state index contributed by atoms with van der Waals surface area (Å²) < 4.78 is 0.966. The van der Waals surface area contributed by atoms with Gasteiger partial charge in [0.2, 0.25) is 0 Å². The van der Waals surface area contributed by atoms with Crippen LogP contribution in [0.15, 0.2) is 59.1 Å². The number of benzene rings is 2. The smallest absolute Gasteiger partial charge is 0.299 e. The first-order valence-corrected chi connectivity index (χ1v) is 7.52. The highest BCUT2D eigenvalue weighted by Crippen LogP contribution is 2.12. The van der Waals surface area contributed by atoms with Gasteiger partial charge in [-0.2, -0.15) is 0 Å². The fraction of sp³-hybridized carbons (Fsp3) is 0.111. The number of carbonyl (C=O) groups is 2. The van der Waals surface area contributed by atoms with E-state index in [1.165, 1.54) is 4.90 Å². The Balaban J connectivity index is 2.10. The zero-order valence-corrected chi connectivity index (χ0v) is 13.4. The van der Waals surface area contributed by atoms with Gasteiger partial charge in [-0.05, 0) is 29.8 Å². The largest absolute Gasteiger partial charge is 0.321 e. The lowest BCUT2D eigenvalue weighted by Gasteiger charge is -2.17. The van der Waals surface area contributed by atoms with Gasteiger partial charge in [-0.25, -0.2) is 0 Å². The number of rotatable bonds is 4. The zero-order valence-electron chi connectivity index (χ0n) is 11.8. The Labute approximate surface area is 138 Å². The van der Waals surface area contributed by atoms with Gasteiger partial charge in [-0.3, -0.25) is 4.79 Å². The average Bonchev–Trinajstić information content (AvgIpc) is 2.55. The highest BCUT2D eigenvalue weighted by molar-refractivity contribution is 9.10. The Kier molecular flexibility index (Phi) is 5.93. The lowest BCUT2D eigenvalue weighted by atomic mass is 10.2. The molecule has 0 saturated heterocycles. The third kappa shape index (κ3) is 4.87. The predicted molar refractivity (Wildman–Crippen MR) is 88.9 cm³/mol. The van der Waals surface area contributed by atoms with Crippen LogP contribution in [0.25, 0.3) is 0 Å². The summed E-state index contributed by atoms with van der Waals surface area (Å²) in [6, 6.07) is 16.9. The van der Waals surface area contributed by atoms with Crippen LogP contribution in [0, 0.1) is 11.8 Å². The van der Waals surface area contributed by atoms with Crippen LogP contribution in [0.3, 0.4) is 0 Å². The van der Waals surface area contributed by atoms with Crippen molar-refractivity contribution in [2.45, 2.75) is 6.54 Å². The highest BCUT2D eigenvalue weighted by Gasteiger charge is 2.11. The molecule has 0 heterocycles. The van der Waals surface area contributed by atoms with Gasteiger partial charge < -0.3 is 9.69 Å². The Morgan fingerprint density at radius 1 is 1.09 bits per heavy atom. The Hall–Kier alpha value is -2.38. The van der Waals surface area contributed by atoms with E-state index in [2.05, 4.69) is 27.8 Å². The van der Waals surface area contributed by atoms with Gasteiger partial charge in [0.15, 0.2) is 0 Å². The maximum absolute atomic E-state index is 12.2. The second-order valence-electron chi connectivity index (χ2n) is 4.59. The minimum absolute atomic E-state index is 0.0262. The number of aldehydes is 1. The van der Waals surface area contributed by atoms with Crippen LogP contribution in [0.2, 0.25) is 0 Å².